The minimum atomic E-state index is -0.0879. The summed E-state index contributed by atoms with van der Waals surface area (Å²) in [5.74, 6) is 1.41. The van der Waals surface area contributed by atoms with E-state index in [0.29, 0.717) is 23.3 Å². The average molecular weight is 269 g/mol. The molecule has 1 aliphatic rings. The van der Waals surface area contributed by atoms with Gasteiger partial charge in [0.05, 0.1) is 6.10 Å². The molecule has 0 aromatic heterocycles. The highest BCUT2D eigenvalue weighted by atomic mass is 16.3. The first-order valence-electron chi connectivity index (χ1n) is 8.17. The molecular formula is C17H35NO. The quantitative estimate of drug-likeness (QED) is 0.817. The molecule has 0 bridgehead atoms. The second kappa shape index (κ2) is 7.08. The molecule has 0 aromatic rings. The number of nitrogens with zero attached hydrogens (tertiary/aromatic N) is 1. The summed E-state index contributed by atoms with van der Waals surface area (Å²) >= 11 is 0. The summed E-state index contributed by atoms with van der Waals surface area (Å²) in [6.07, 6.45) is 4.24. The van der Waals surface area contributed by atoms with Crippen molar-refractivity contribution in [1.82, 2.24) is 4.90 Å². The Labute approximate surface area is 120 Å². The summed E-state index contributed by atoms with van der Waals surface area (Å²) in [5.41, 5.74) is 0.341. The van der Waals surface area contributed by atoms with Crippen molar-refractivity contribution in [2.75, 3.05) is 13.1 Å². The van der Waals surface area contributed by atoms with E-state index in [4.69, 9.17) is 0 Å². The summed E-state index contributed by atoms with van der Waals surface area (Å²) in [4.78, 5) is 2.66. The second-order valence-electron chi connectivity index (χ2n) is 7.90. The zero-order chi connectivity index (χ0) is 14.6. The molecule has 2 nitrogen and oxygen atoms in total. The molecule has 0 saturated heterocycles. The average Bonchev–Trinajstić information content (AvgIpc) is 2.26. The van der Waals surface area contributed by atoms with Crippen molar-refractivity contribution in [1.29, 1.82) is 0 Å². The molecule has 3 unspecified atom stereocenters. The van der Waals surface area contributed by atoms with Crippen molar-refractivity contribution in [3.05, 3.63) is 0 Å². The van der Waals surface area contributed by atoms with Crippen LogP contribution in [0.2, 0.25) is 0 Å². The Morgan fingerprint density at radius 1 is 1.21 bits per heavy atom. The van der Waals surface area contributed by atoms with Crippen LogP contribution in [0.4, 0.5) is 0 Å². The van der Waals surface area contributed by atoms with Crippen LogP contribution in [-0.2, 0) is 0 Å². The number of aliphatic hydroxyl groups excluding tert-OH is 1. The fourth-order valence-corrected chi connectivity index (χ4v) is 3.69. The van der Waals surface area contributed by atoms with Gasteiger partial charge in [-0.2, -0.15) is 0 Å². The Morgan fingerprint density at radius 2 is 1.84 bits per heavy atom. The first kappa shape index (κ1) is 17.0. The van der Waals surface area contributed by atoms with Crippen molar-refractivity contribution in [2.24, 2.45) is 17.3 Å². The van der Waals surface area contributed by atoms with Gasteiger partial charge in [0, 0.05) is 12.6 Å². The largest absolute Gasteiger partial charge is 0.393 e. The third kappa shape index (κ3) is 5.07. The molecule has 1 aliphatic carbocycles. The lowest BCUT2D eigenvalue weighted by Gasteiger charge is -2.47. The molecule has 0 amide bonds. The highest BCUT2D eigenvalue weighted by Gasteiger charge is 2.39. The normalized spacial score (nSPS) is 29.2. The van der Waals surface area contributed by atoms with Crippen LogP contribution >= 0.6 is 0 Å². The SMILES string of the molecule is CCCN(CC(C)C)C1CC(O)CCC1C(C)(C)C. The summed E-state index contributed by atoms with van der Waals surface area (Å²) in [5, 5.41) is 10.1. The van der Waals surface area contributed by atoms with Crippen LogP contribution < -0.4 is 0 Å². The molecule has 0 heterocycles. The molecule has 3 atom stereocenters. The van der Waals surface area contributed by atoms with Crippen molar-refractivity contribution in [2.45, 2.75) is 79.4 Å². The molecule has 1 saturated carbocycles. The molecule has 19 heavy (non-hydrogen) atoms. The lowest BCUT2D eigenvalue weighted by Crippen LogP contribution is -2.51. The van der Waals surface area contributed by atoms with Crippen molar-refractivity contribution in [3.8, 4) is 0 Å². The maximum Gasteiger partial charge on any atom is 0.0555 e. The molecule has 1 rings (SSSR count). The molecule has 114 valence electrons. The smallest absolute Gasteiger partial charge is 0.0555 e. The zero-order valence-electron chi connectivity index (χ0n) is 13.9. The molecule has 0 aliphatic heterocycles. The molecular weight excluding hydrogens is 234 g/mol. The lowest BCUT2D eigenvalue weighted by molar-refractivity contribution is -0.0155. The van der Waals surface area contributed by atoms with Gasteiger partial charge in [-0.1, -0.05) is 41.5 Å². The van der Waals surface area contributed by atoms with E-state index in [1.165, 1.54) is 19.4 Å². The Kier molecular flexibility index (Phi) is 6.32. The first-order valence-corrected chi connectivity index (χ1v) is 8.17. The summed E-state index contributed by atoms with van der Waals surface area (Å²) < 4.78 is 0. The maximum atomic E-state index is 10.1. The van der Waals surface area contributed by atoms with E-state index in [1.807, 2.05) is 0 Å². The van der Waals surface area contributed by atoms with E-state index >= 15 is 0 Å². The number of aliphatic hydroxyl groups is 1. The molecule has 2 heteroatoms. The van der Waals surface area contributed by atoms with Crippen molar-refractivity contribution in [3.63, 3.8) is 0 Å². The number of hydrogen-bond donors (Lipinski definition) is 1. The third-order valence-electron chi connectivity index (χ3n) is 4.48. The third-order valence-corrected chi connectivity index (χ3v) is 4.48. The summed E-state index contributed by atoms with van der Waals surface area (Å²) in [6.45, 7) is 16.3. The van der Waals surface area contributed by atoms with Gasteiger partial charge in [-0.25, -0.2) is 0 Å². The minimum Gasteiger partial charge on any atom is -0.393 e. The Bertz CT molecular complexity index is 256. The molecule has 0 aromatic carbocycles. The summed E-state index contributed by atoms with van der Waals surface area (Å²) in [6, 6.07) is 0.561. The van der Waals surface area contributed by atoms with Crippen LogP contribution in [0.3, 0.4) is 0 Å². The number of rotatable bonds is 5. The van der Waals surface area contributed by atoms with Gasteiger partial charge in [-0.05, 0) is 49.5 Å². The first-order chi connectivity index (χ1) is 8.75. The highest BCUT2D eigenvalue weighted by Crippen LogP contribution is 2.40. The van der Waals surface area contributed by atoms with Gasteiger partial charge in [0.25, 0.3) is 0 Å². The maximum absolute atomic E-state index is 10.1. The Morgan fingerprint density at radius 3 is 2.32 bits per heavy atom. The van der Waals surface area contributed by atoms with E-state index in [9.17, 15) is 5.11 Å². The van der Waals surface area contributed by atoms with Gasteiger partial charge in [0.2, 0.25) is 0 Å². The van der Waals surface area contributed by atoms with Crippen molar-refractivity contribution >= 4 is 0 Å². The second-order valence-corrected chi connectivity index (χ2v) is 7.90. The molecule has 1 N–H and O–H groups in total. The molecule has 0 spiro atoms. The monoisotopic (exact) mass is 269 g/mol. The predicted molar refractivity (Wildman–Crippen MR) is 83.3 cm³/mol. The van der Waals surface area contributed by atoms with Crippen LogP contribution in [0, 0.1) is 17.3 Å². The highest BCUT2D eigenvalue weighted by molar-refractivity contribution is 4.92. The van der Waals surface area contributed by atoms with E-state index in [-0.39, 0.29) is 6.10 Å². The Hall–Kier alpha value is -0.0800. The van der Waals surface area contributed by atoms with Gasteiger partial charge in [0.1, 0.15) is 0 Å². The van der Waals surface area contributed by atoms with Crippen LogP contribution in [0.25, 0.3) is 0 Å². The van der Waals surface area contributed by atoms with E-state index in [2.05, 4.69) is 46.4 Å². The van der Waals surface area contributed by atoms with Gasteiger partial charge in [0.15, 0.2) is 0 Å². The summed E-state index contributed by atoms with van der Waals surface area (Å²) in [7, 11) is 0. The Balaban J connectivity index is 2.86. The van der Waals surface area contributed by atoms with Crippen LogP contribution in [-0.4, -0.2) is 35.2 Å². The van der Waals surface area contributed by atoms with Crippen LogP contribution in [0.1, 0.15) is 67.2 Å². The minimum absolute atomic E-state index is 0.0879. The van der Waals surface area contributed by atoms with E-state index in [0.717, 1.165) is 19.4 Å². The fourth-order valence-electron chi connectivity index (χ4n) is 3.69. The fraction of sp³-hybridized carbons (Fsp3) is 1.00. The van der Waals surface area contributed by atoms with Gasteiger partial charge in [-0.3, -0.25) is 4.90 Å². The number of hydrogen-bond acceptors (Lipinski definition) is 2. The van der Waals surface area contributed by atoms with E-state index in [1.54, 1.807) is 0 Å². The van der Waals surface area contributed by atoms with Gasteiger partial charge in [-0.15, -0.1) is 0 Å². The van der Waals surface area contributed by atoms with Crippen LogP contribution in [0.15, 0.2) is 0 Å². The topological polar surface area (TPSA) is 23.5 Å². The predicted octanol–water partition coefficient (Wildman–Crippen LogP) is 3.93. The van der Waals surface area contributed by atoms with Gasteiger partial charge >= 0.3 is 0 Å². The standard InChI is InChI=1S/C17H35NO/c1-7-10-18(12-13(2)3)16-11-14(19)8-9-15(16)17(4,5)6/h13-16,19H,7-12H2,1-6H3. The van der Waals surface area contributed by atoms with Crippen LogP contribution in [0.5, 0.6) is 0 Å². The molecule has 0 radical (unpaired) electrons. The van der Waals surface area contributed by atoms with Crippen molar-refractivity contribution < 1.29 is 5.11 Å². The lowest BCUT2D eigenvalue weighted by atomic mass is 9.68. The zero-order valence-corrected chi connectivity index (χ0v) is 13.9. The van der Waals surface area contributed by atoms with E-state index < -0.39 is 0 Å². The van der Waals surface area contributed by atoms with Gasteiger partial charge < -0.3 is 5.11 Å². The molecule has 1 fully saturated rings.